The zero-order valence-electron chi connectivity index (χ0n) is 21.6. The topological polar surface area (TPSA) is 40.5 Å². The number of nitrogens with zero attached hydrogens (tertiary/aromatic N) is 1. The van der Waals surface area contributed by atoms with E-state index >= 15 is 0 Å². The second-order valence-electron chi connectivity index (χ2n) is 9.58. The van der Waals surface area contributed by atoms with Crippen molar-refractivity contribution in [1.82, 2.24) is 4.90 Å². The van der Waals surface area contributed by atoms with Gasteiger partial charge < -0.3 is 5.11 Å². The van der Waals surface area contributed by atoms with Crippen LogP contribution in [0, 0.1) is 0 Å². The number of carboxylic acid groups (broad SMARTS) is 1. The van der Waals surface area contributed by atoms with Gasteiger partial charge in [0.25, 0.3) is 0 Å². The molecule has 31 heavy (non-hydrogen) atoms. The predicted octanol–water partition coefficient (Wildman–Crippen LogP) is 8.99. The van der Waals surface area contributed by atoms with E-state index in [0.717, 1.165) is 25.9 Å². The average molecular weight is 440 g/mol. The van der Waals surface area contributed by atoms with E-state index < -0.39 is 5.97 Å². The molecule has 1 N–H and O–H groups in total. The van der Waals surface area contributed by atoms with Gasteiger partial charge in [0, 0.05) is 0 Å². The van der Waals surface area contributed by atoms with Gasteiger partial charge in [0.2, 0.25) is 0 Å². The Morgan fingerprint density at radius 3 is 1.10 bits per heavy atom. The van der Waals surface area contributed by atoms with E-state index in [-0.39, 0.29) is 6.04 Å². The first-order chi connectivity index (χ1) is 15.2. The van der Waals surface area contributed by atoms with Gasteiger partial charge in [0.15, 0.2) is 0 Å². The van der Waals surface area contributed by atoms with Crippen LogP contribution >= 0.6 is 0 Å². The molecule has 0 radical (unpaired) electrons. The third-order valence-electron chi connectivity index (χ3n) is 6.87. The average Bonchev–Trinajstić information content (AvgIpc) is 2.77. The lowest BCUT2D eigenvalue weighted by Crippen LogP contribution is -2.40. The minimum Gasteiger partial charge on any atom is -0.480 e. The van der Waals surface area contributed by atoms with Crippen LogP contribution in [0.25, 0.3) is 0 Å². The molecule has 0 aromatic carbocycles. The molecule has 1 atom stereocenters. The highest BCUT2D eigenvalue weighted by Gasteiger charge is 2.22. The molecule has 0 aliphatic carbocycles. The number of carboxylic acids is 1. The summed E-state index contributed by atoms with van der Waals surface area (Å²) in [5, 5.41) is 9.42. The highest BCUT2D eigenvalue weighted by atomic mass is 16.4. The number of unbranched alkanes of at least 4 members (excludes halogenated alkanes) is 19. The standard InChI is InChI=1S/C28H57NO2/c1-4-7-8-9-10-11-12-13-14-15-16-17-18-19-20-21-22-23-24-25-26-27(28(30)31)29(5-2)6-3/h27H,4-26H2,1-3H3,(H,30,31). The summed E-state index contributed by atoms with van der Waals surface area (Å²) >= 11 is 0. The molecule has 0 saturated carbocycles. The first-order valence-corrected chi connectivity index (χ1v) is 14.1. The Kier molecular flexibility index (Phi) is 23.6. The SMILES string of the molecule is CCCCCCCCCCCCCCCCCCCCCCC(C(=O)O)N(CC)CC. The van der Waals surface area contributed by atoms with Crippen LogP contribution in [0.5, 0.6) is 0 Å². The molecule has 0 rings (SSSR count). The number of rotatable bonds is 25. The maximum Gasteiger partial charge on any atom is 0.320 e. The molecular formula is C28H57NO2. The predicted molar refractivity (Wildman–Crippen MR) is 137 cm³/mol. The third-order valence-corrected chi connectivity index (χ3v) is 6.87. The quantitative estimate of drug-likeness (QED) is 0.144. The molecule has 0 spiro atoms. The number of likely N-dealkylation sites (N-methyl/N-ethyl adjacent to an activating group) is 1. The van der Waals surface area contributed by atoms with E-state index in [2.05, 4.69) is 25.7 Å². The fourth-order valence-corrected chi connectivity index (χ4v) is 4.72. The number of aliphatic carboxylic acids is 1. The van der Waals surface area contributed by atoms with Crippen molar-refractivity contribution in [3.63, 3.8) is 0 Å². The molecule has 0 saturated heterocycles. The first kappa shape index (κ1) is 30.4. The molecule has 186 valence electrons. The lowest BCUT2D eigenvalue weighted by Gasteiger charge is -2.26. The third kappa shape index (κ3) is 19.8. The minimum atomic E-state index is -0.651. The summed E-state index contributed by atoms with van der Waals surface area (Å²) in [6.07, 6.45) is 28.5. The summed E-state index contributed by atoms with van der Waals surface area (Å²) in [5.74, 6) is -0.651. The Hall–Kier alpha value is -0.570. The van der Waals surface area contributed by atoms with E-state index in [1.807, 2.05) is 0 Å². The van der Waals surface area contributed by atoms with Gasteiger partial charge in [-0.3, -0.25) is 9.69 Å². The summed E-state index contributed by atoms with van der Waals surface area (Å²) in [6, 6.07) is -0.287. The summed E-state index contributed by atoms with van der Waals surface area (Å²) in [4.78, 5) is 13.5. The fraction of sp³-hybridized carbons (Fsp3) is 0.964. The zero-order valence-corrected chi connectivity index (χ0v) is 21.6. The number of hydrogen-bond acceptors (Lipinski definition) is 2. The van der Waals surface area contributed by atoms with Crippen LogP contribution in [-0.4, -0.2) is 35.1 Å². The van der Waals surface area contributed by atoms with Crippen LogP contribution in [0.15, 0.2) is 0 Å². The van der Waals surface area contributed by atoms with Crippen LogP contribution in [0.3, 0.4) is 0 Å². The van der Waals surface area contributed by atoms with E-state index in [0.29, 0.717) is 0 Å². The van der Waals surface area contributed by atoms with Crippen LogP contribution in [0.1, 0.15) is 156 Å². The van der Waals surface area contributed by atoms with Gasteiger partial charge in [-0.25, -0.2) is 0 Å². The van der Waals surface area contributed by atoms with Crippen molar-refractivity contribution in [3.05, 3.63) is 0 Å². The molecule has 0 heterocycles. The molecule has 0 aliphatic heterocycles. The summed E-state index contributed by atoms with van der Waals surface area (Å²) in [6.45, 7) is 8.05. The fourth-order valence-electron chi connectivity index (χ4n) is 4.72. The van der Waals surface area contributed by atoms with Gasteiger partial charge in [-0.1, -0.05) is 149 Å². The molecule has 0 fully saturated rings. The van der Waals surface area contributed by atoms with Crippen molar-refractivity contribution in [1.29, 1.82) is 0 Å². The molecule has 0 amide bonds. The first-order valence-electron chi connectivity index (χ1n) is 14.1. The highest BCUT2D eigenvalue weighted by molar-refractivity contribution is 5.73. The summed E-state index contributed by atoms with van der Waals surface area (Å²) < 4.78 is 0. The molecule has 3 nitrogen and oxygen atoms in total. The van der Waals surface area contributed by atoms with Crippen molar-refractivity contribution < 1.29 is 9.90 Å². The largest absolute Gasteiger partial charge is 0.480 e. The second kappa shape index (κ2) is 24.1. The van der Waals surface area contributed by atoms with Gasteiger partial charge in [0.05, 0.1) is 0 Å². The molecule has 0 aromatic heterocycles. The smallest absolute Gasteiger partial charge is 0.320 e. The van der Waals surface area contributed by atoms with Gasteiger partial charge in [0.1, 0.15) is 6.04 Å². The van der Waals surface area contributed by atoms with Gasteiger partial charge in [-0.15, -0.1) is 0 Å². The van der Waals surface area contributed by atoms with Crippen molar-refractivity contribution >= 4 is 5.97 Å². The lowest BCUT2D eigenvalue weighted by molar-refractivity contribution is -0.143. The van der Waals surface area contributed by atoms with E-state index in [4.69, 9.17) is 0 Å². The van der Waals surface area contributed by atoms with Gasteiger partial charge in [-0.2, -0.15) is 0 Å². The molecule has 0 aliphatic rings. The van der Waals surface area contributed by atoms with Crippen LogP contribution < -0.4 is 0 Å². The van der Waals surface area contributed by atoms with E-state index in [9.17, 15) is 9.90 Å². The normalized spacial score (nSPS) is 12.5. The molecule has 0 bridgehead atoms. The van der Waals surface area contributed by atoms with E-state index in [1.54, 1.807) is 0 Å². The summed E-state index contributed by atoms with van der Waals surface area (Å²) in [7, 11) is 0. The number of carbonyl (C=O) groups is 1. The maximum absolute atomic E-state index is 11.4. The Morgan fingerprint density at radius 2 is 0.839 bits per heavy atom. The monoisotopic (exact) mass is 439 g/mol. The molecule has 1 unspecified atom stereocenters. The maximum atomic E-state index is 11.4. The van der Waals surface area contributed by atoms with Crippen molar-refractivity contribution in [2.75, 3.05) is 13.1 Å². The molecule has 0 aromatic rings. The summed E-state index contributed by atoms with van der Waals surface area (Å²) in [5.41, 5.74) is 0. The van der Waals surface area contributed by atoms with Crippen molar-refractivity contribution in [3.8, 4) is 0 Å². The second-order valence-corrected chi connectivity index (χ2v) is 9.58. The van der Waals surface area contributed by atoms with Crippen molar-refractivity contribution in [2.45, 2.75) is 162 Å². The van der Waals surface area contributed by atoms with Crippen molar-refractivity contribution in [2.24, 2.45) is 0 Å². The Morgan fingerprint density at radius 1 is 0.548 bits per heavy atom. The molecule has 3 heteroatoms. The van der Waals surface area contributed by atoms with Gasteiger partial charge >= 0.3 is 5.97 Å². The number of hydrogen-bond donors (Lipinski definition) is 1. The Labute approximate surface area is 195 Å². The zero-order chi connectivity index (χ0) is 23.0. The van der Waals surface area contributed by atoms with Gasteiger partial charge in [-0.05, 0) is 19.5 Å². The minimum absolute atomic E-state index is 0.287. The Balaban J connectivity index is 3.29. The Bertz CT molecular complexity index is 368. The highest BCUT2D eigenvalue weighted by Crippen LogP contribution is 2.16. The van der Waals surface area contributed by atoms with Crippen LogP contribution in [-0.2, 0) is 4.79 Å². The van der Waals surface area contributed by atoms with Crippen LogP contribution in [0.2, 0.25) is 0 Å². The van der Waals surface area contributed by atoms with Crippen LogP contribution in [0.4, 0.5) is 0 Å². The van der Waals surface area contributed by atoms with E-state index in [1.165, 1.54) is 122 Å². The molecular weight excluding hydrogens is 382 g/mol. The lowest BCUT2D eigenvalue weighted by atomic mass is 10.0.